The van der Waals surface area contributed by atoms with Gasteiger partial charge in [-0.2, -0.15) is 0 Å². The van der Waals surface area contributed by atoms with Crippen molar-refractivity contribution < 1.29 is 14.3 Å². The minimum absolute atomic E-state index is 0.00384. The molecule has 2 heterocycles. The average Bonchev–Trinajstić information content (AvgIpc) is 3.52. The Bertz CT molecular complexity index is 925. The summed E-state index contributed by atoms with van der Waals surface area (Å²) in [5.41, 5.74) is 1.15. The standard InChI is InChI=1S/C24H29ClN2O3S/c1-3-16(2)27(24(29)17-4-5-17)14-23(28)26-12-10-22-20(11-13-31-22)21(26)15-30-19-8-6-18(25)7-9-19/h6-9,11,13,16-17,21H,3-5,10,12,14-15H2,1-2H3/t16-,21+/m1/s1. The summed E-state index contributed by atoms with van der Waals surface area (Å²) in [6, 6.07) is 9.26. The fourth-order valence-electron chi connectivity index (χ4n) is 4.05. The number of halogens is 1. The first-order valence-corrected chi connectivity index (χ1v) is 12.3. The fourth-order valence-corrected chi connectivity index (χ4v) is 5.11. The Kier molecular flexibility index (Phi) is 6.87. The number of benzene rings is 1. The minimum atomic E-state index is -0.159. The highest BCUT2D eigenvalue weighted by Gasteiger charge is 2.38. The lowest BCUT2D eigenvalue weighted by Crippen LogP contribution is -2.50. The van der Waals surface area contributed by atoms with Gasteiger partial charge in [-0.25, -0.2) is 0 Å². The lowest BCUT2D eigenvalue weighted by molar-refractivity contribution is -0.145. The molecule has 166 valence electrons. The normalized spacial score (nSPS) is 18.9. The van der Waals surface area contributed by atoms with Crippen molar-refractivity contribution in [2.24, 2.45) is 5.92 Å². The molecule has 0 N–H and O–H groups in total. The second-order valence-electron chi connectivity index (χ2n) is 8.41. The lowest BCUT2D eigenvalue weighted by atomic mass is 10.00. The highest BCUT2D eigenvalue weighted by Crippen LogP contribution is 2.35. The molecule has 31 heavy (non-hydrogen) atoms. The van der Waals surface area contributed by atoms with Crippen molar-refractivity contribution in [3.05, 3.63) is 51.2 Å². The topological polar surface area (TPSA) is 49.9 Å². The highest BCUT2D eigenvalue weighted by molar-refractivity contribution is 7.10. The zero-order chi connectivity index (χ0) is 22.0. The SMILES string of the molecule is CC[C@@H](C)N(CC(=O)N1CCc2sccc2[C@@H]1COc1ccc(Cl)cc1)C(=O)C1CC1. The summed E-state index contributed by atoms with van der Waals surface area (Å²) < 4.78 is 6.05. The molecule has 1 aromatic carbocycles. The van der Waals surface area contributed by atoms with Gasteiger partial charge in [0.05, 0.1) is 6.04 Å². The molecule has 0 spiro atoms. The number of hydrogen-bond donors (Lipinski definition) is 0. The molecule has 4 rings (SSSR count). The number of carbonyl (C=O) groups is 2. The van der Waals surface area contributed by atoms with Crippen LogP contribution in [0.3, 0.4) is 0 Å². The summed E-state index contributed by atoms with van der Waals surface area (Å²) in [5, 5.41) is 2.74. The molecule has 0 unspecified atom stereocenters. The van der Waals surface area contributed by atoms with Crippen LogP contribution >= 0.6 is 22.9 Å². The zero-order valence-electron chi connectivity index (χ0n) is 18.1. The van der Waals surface area contributed by atoms with E-state index >= 15 is 0 Å². The van der Waals surface area contributed by atoms with Gasteiger partial charge in [-0.3, -0.25) is 9.59 Å². The molecule has 1 aromatic heterocycles. The summed E-state index contributed by atoms with van der Waals surface area (Å²) in [6.07, 6.45) is 3.57. The molecule has 1 saturated carbocycles. The Morgan fingerprint density at radius 2 is 2.00 bits per heavy atom. The van der Waals surface area contributed by atoms with Gasteiger partial charge in [0, 0.05) is 28.4 Å². The first kappa shape index (κ1) is 22.2. The van der Waals surface area contributed by atoms with Crippen LogP contribution in [0, 0.1) is 5.92 Å². The van der Waals surface area contributed by atoms with Crippen molar-refractivity contribution in [2.45, 2.75) is 51.6 Å². The molecule has 1 aliphatic carbocycles. The van der Waals surface area contributed by atoms with Crippen LogP contribution in [0.4, 0.5) is 0 Å². The number of fused-ring (bicyclic) bond motifs is 1. The molecule has 0 radical (unpaired) electrons. The van der Waals surface area contributed by atoms with E-state index < -0.39 is 0 Å². The van der Waals surface area contributed by atoms with E-state index in [1.54, 1.807) is 28.4 Å². The van der Waals surface area contributed by atoms with Crippen LogP contribution in [0.1, 0.15) is 49.6 Å². The van der Waals surface area contributed by atoms with E-state index in [1.807, 2.05) is 24.0 Å². The second kappa shape index (κ2) is 9.61. The number of ether oxygens (including phenoxy) is 1. The van der Waals surface area contributed by atoms with Crippen LogP contribution < -0.4 is 4.74 Å². The van der Waals surface area contributed by atoms with E-state index in [1.165, 1.54) is 4.88 Å². The quantitative estimate of drug-likeness (QED) is 0.560. The van der Waals surface area contributed by atoms with Gasteiger partial charge in [0.25, 0.3) is 0 Å². The van der Waals surface area contributed by atoms with Gasteiger partial charge in [-0.05, 0) is 73.9 Å². The largest absolute Gasteiger partial charge is 0.491 e. The van der Waals surface area contributed by atoms with Gasteiger partial charge in [-0.15, -0.1) is 11.3 Å². The van der Waals surface area contributed by atoms with Gasteiger partial charge in [-0.1, -0.05) is 18.5 Å². The number of carbonyl (C=O) groups excluding carboxylic acids is 2. The van der Waals surface area contributed by atoms with Gasteiger partial charge in [0.2, 0.25) is 11.8 Å². The van der Waals surface area contributed by atoms with Crippen molar-refractivity contribution in [3.8, 4) is 5.75 Å². The number of hydrogen-bond acceptors (Lipinski definition) is 4. The predicted octanol–water partition coefficient (Wildman–Crippen LogP) is 4.94. The van der Waals surface area contributed by atoms with Crippen molar-refractivity contribution >= 4 is 34.8 Å². The Morgan fingerprint density at radius 3 is 2.68 bits per heavy atom. The van der Waals surface area contributed by atoms with Crippen molar-refractivity contribution in [3.63, 3.8) is 0 Å². The predicted molar refractivity (Wildman–Crippen MR) is 124 cm³/mol. The molecule has 5 nitrogen and oxygen atoms in total. The molecular formula is C24H29ClN2O3S. The van der Waals surface area contributed by atoms with Gasteiger partial charge in [0.1, 0.15) is 18.9 Å². The minimum Gasteiger partial charge on any atom is -0.491 e. The molecule has 1 fully saturated rings. The van der Waals surface area contributed by atoms with E-state index in [4.69, 9.17) is 16.3 Å². The molecule has 7 heteroatoms. The molecule has 2 aromatic rings. The Hall–Kier alpha value is -2.05. The van der Waals surface area contributed by atoms with E-state index in [2.05, 4.69) is 18.4 Å². The summed E-state index contributed by atoms with van der Waals surface area (Å²) >= 11 is 7.71. The van der Waals surface area contributed by atoms with E-state index in [0.29, 0.717) is 18.2 Å². The van der Waals surface area contributed by atoms with E-state index in [0.717, 1.165) is 37.0 Å². The third kappa shape index (κ3) is 5.07. The summed E-state index contributed by atoms with van der Waals surface area (Å²) in [4.78, 5) is 31.3. The van der Waals surface area contributed by atoms with Crippen molar-refractivity contribution in [2.75, 3.05) is 19.7 Å². The maximum absolute atomic E-state index is 13.4. The Morgan fingerprint density at radius 1 is 1.26 bits per heavy atom. The van der Waals surface area contributed by atoms with Crippen molar-refractivity contribution in [1.29, 1.82) is 0 Å². The maximum Gasteiger partial charge on any atom is 0.242 e. The maximum atomic E-state index is 13.4. The van der Waals surface area contributed by atoms with Gasteiger partial charge >= 0.3 is 0 Å². The third-order valence-corrected chi connectivity index (χ3v) is 7.52. The molecule has 0 saturated heterocycles. The Balaban J connectivity index is 1.50. The van der Waals surface area contributed by atoms with Crippen molar-refractivity contribution in [1.82, 2.24) is 9.80 Å². The zero-order valence-corrected chi connectivity index (χ0v) is 19.6. The third-order valence-electron chi connectivity index (χ3n) is 6.27. The number of nitrogens with zero attached hydrogens (tertiary/aromatic N) is 2. The summed E-state index contributed by atoms with van der Waals surface area (Å²) in [7, 11) is 0. The highest BCUT2D eigenvalue weighted by atomic mass is 35.5. The number of amides is 2. The van der Waals surface area contributed by atoms with Crippen LogP contribution in [0.25, 0.3) is 0 Å². The lowest BCUT2D eigenvalue weighted by Gasteiger charge is -2.38. The van der Waals surface area contributed by atoms with Crippen LogP contribution in [-0.4, -0.2) is 47.4 Å². The molecule has 1 aliphatic heterocycles. The number of thiophene rings is 1. The first-order valence-electron chi connectivity index (χ1n) is 11.0. The molecule has 2 amide bonds. The van der Waals surface area contributed by atoms with Crippen LogP contribution in [0.2, 0.25) is 5.02 Å². The van der Waals surface area contributed by atoms with Gasteiger partial charge < -0.3 is 14.5 Å². The smallest absolute Gasteiger partial charge is 0.242 e. The Labute approximate surface area is 192 Å². The van der Waals surface area contributed by atoms with E-state index in [-0.39, 0.29) is 36.4 Å². The monoisotopic (exact) mass is 460 g/mol. The van der Waals surface area contributed by atoms with Crippen LogP contribution in [0.15, 0.2) is 35.7 Å². The summed E-state index contributed by atoms with van der Waals surface area (Å²) in [6.45, 7) is 5.25. The fraction of sp³-hybridized carbons (Fsp3) is 0.500. The molecular weight excluding hydrogens is 432 g/mol. The first-order chi connectivity index (χ1) is 15.0. The average molecular weight is 461 g/mol. The molecule has 0 bridgehead atoms. The number of rotatable bonds is 8. The van der Waals surface area contributed by atoms with Gasteiger partial charge in [0.15, 0.2) is 0 Å². The van der Waals surface area contributed by atoms with Crippen LogP contribution in [-0.2, 0) is 16.0 Å². The molecule has 2 aliphatic rings. The van der Waals surface area contributed by atoms with Crippen LogP contribution in [0.5, 0.6) is 5.75 Å². The second-order valence-corrected chi connectivity index (χ2v) is 9.85. The van der Waals surface area contributed by atoms with E-state index in [9.17, 15) is 9.59 Å². The summed E-state index contributed by atoms with van der Waals surface area (Å²) in [5.74, 6) is 0.959. The molecule has 2 atom stereocenters.